The molecule has 2 nitrogen and oxygen atoms in total. The highest BCUT2D eigenvalue weighted by atomic mass is 16.7. The van der Waals surface area contributed by atoms with Crippen LogP contribution in [0.3, 0.4) is 0 Å². The van der Waals surface area contributed by atoms with E-state index in [-0.39, 0.29) is 22.0 Å². The van der Waals surface area contributed by atoms with Crippen LogP contribution >= 0.6 is 0 Å². The lowest BCUT2D eigenvalue weighted by Gasteiger charge is -2.32. The molecule has 3 aromatic carbocycles. The molecule has 0 saturated carbocycles. The quantitative estimate of drug-likeness (QED) is 0.364. The summed E-state index contributed by atoms with van der Waals surface area (Å²) in [6, 6.07) is 24.6. The smallest absolute Gasteiger partial charge is 0.399 e. The first-order valence-corrected chi connectivity index (χ1v) is 12.8. The summed E-state index contributed by atoms with van der Waals surface area (Å²) in [5, 5.41) is 0. The zero-order chi connectivity index (χ0) is 25.8. The van der Waals surface area contributed by atoms with Gasteiger partial charge in [0, 0.05) is 0 Å². The Labute approximate surface area is 213 Å². The second-order valence-corrected chi connectivity index (χ2v) is 13.1. The van der Waals surface area contributed by atoms with E-state index in [9.17, 15) is 0 Å². The lowest BCUT2D eigenvalue weighted by Crippen LogP contribution is -2.41. The van der Waals surface area contributed by atoms with E-state index in [4.69, 9.17) is 9.31 Å². The van der Waals surface area contributed by atoms with Crippen molar-refractivity contribution in [2.45, 2.75) is 91.3 Å². The van der Waals surface area contributed by atoms with Gasteiger partial charge in [0.25, 0.3) is 0 Å². The van der Waals surface area contributed by atoms with Crippen LogP contribution in [-0.2, 0) is 20.1 Å². The van der Waals surface area contributed by atoms with E-state index in [1.807, 2.05) is 0 Å². The van der Waals surface area contributed by atoms with Gasteiger partial charge in [0.05, 0.1) is 11.2 Å². The van der Waals surface area contributed by atoms with Crippen molar-refractivity contribution in [2.24, 2.45) is 0 Å². The van der Waals surface area contributed by atoms with Gasteiger partial charge in [-0.25, -0.2) is 0 Å². The first kappa shape index (κ1) is 25.7. The van der Waals surface area contributed by atoms with Crippen LogP contribution in [0.1, 0.15) is 80.4 Å². The van der Waals surface area contributed by atoms with Crippen molar-refractivity contribution in [3.05, 3.63) is 77.9 Å². The summed E-state index contributed by atoms with van der Waals surface area (Å²) in [6.07, 6.45) is 0. The first-order chi connectivity index (χ1) is 16.1. The maximum absolute atomic E-state index is 6.44. The lowest BCUT2D eigenvalue weighted by molar-refractivity contribution is 0.00578. The molecule has 0 aromatic heterocycles. The summed E-state index contributed by atoms with van der Waals surface area (Å²) >= 11 is 0. The van der Waals surface area contributed by atoms with Crippen LogP contribution in [0.2, 0.25) is 0 Å². The third kappa shape index (κ3) is 5.27. The van der Waals surface area contributed by atoms with Gasteiger partial charge >= 0.3 is 7.12 Å². The van der Waals surface area contributed by atoms with E-state index in [0.717, 1.165) is 5.46 Å². The molecule has 0 amide bonds. The zero-order valence-corrected chi connectivity index (χ0v) is 23.2. The lowest BCUT2D eigenvalue weighted by atomic mass is 9.76. The maximum atomic E-state index is 6.44. The molecule has 3 aromatic rings. The van der Waals surface area contributed by atoms with E-state index in [1.165, 1.54) is 33.4 Å². The van der Waals surface area contributed by atoms with Gasteiger partial charge in [0.1, 0.15) is 0 Å². The van der Waals surface area contributed by atoms with Gasteiger partial charge in [0.2, 0.25) is 0 Å². The van der Waals surface area contributed by atoms with E-state index < -0.39 is 7.12 Å². The Morgan fingerprint density at radius 2 is 0.857 bits per heavy atom. The molecule has 1 aliphatic rings. The Bertz CT molecular complexity index is 1100. The second kappa shape index (κ2) is 8.64. The third-order valence-electron chi connectivity index (χ3n) is 7.65. The van der Waals surface area contributed by atoms with Crippen LogP contribution in [0.5, 0.6) is 0 Å². The molecule has 3 heteroatoms. The Balaban J connectivity index is 1.80. The van der Waals surface area contributed by atoms with Crippen molar-refractivity contribution in [3.8, 4) is 22.3 Å². The molecular weight excluding hydrogens is 427 g/mol. The molecule has 184 valence electrons. The van der Waals surface area contributed by atoms with Gasteiger partial charge in [-0.1, -0.05) is 102 Å². The number of rotatable bonds is 3. The monoisotopic (exact) mass is 468 g/mol. The topological polar surface area (TPSA) is 18.5 Å². The molecule has 0 unspecified atom stereocenters. The second-order valence-electron chi connectivity index (χ2n) is 13.1. The SMILES string of the molecule is CC(C)(C)c1ccc(-c2cc(B3OC(C)(C)C(C)(C)O3)cc(-c3ccc(C(C)(C)C)cc3)c2)cc1. The van der Waals surface area contributed by atoms with Gasteiger partial charge < -0.3 is 9.31 Å². The fourth-order valence-corrected chi connectivity index (χ4v) is 4.43. The molecule has 1 heterocycles. The number of hydrogen-bond acceptors (Lipinski definition) is 2. The Morgan fingerprint density at radius 1 is 0.514 bits per heavy atom. The Morgan fingerprint density at radius 3 is 1.17 bits per heavy atom. The summed E-state index contributed by atoms with van der Waals surface area (Å²) in [5.41, 5.74) is 7.96. The van der Waals surface area contributed by atoms with Crippen molar-refractivity contribution < 1.29 is 9.31 Å². The standard InChI is InChI=1S/C32H41BO2/c1-29(2,3)26-15-11-22(12-16-26)24-19-25(23-13-17-27(18-14-23)30(4,5)6)21-28(20-24)33-34-31(7,8)32(9,10)35-33/h11-21H,1-10H3. The van der Waals surface area contributed by atoms with Crippen LogP contribution in [0.15, 0.2) is 66.7 Å². The van der Waals surface area contributed by atoms with Gasteiger partial charge in [-0.3, -0.25) is 0 Å². The van der Waals surface area contributed by atoms with Crippen molar-refractivity contribution >= 4 is 12.6 Å². The van der Waals surface area contributed by atoms with E-state index in [0.29, 0.717) is 0 Å². The molecule has 35 heavy (non-hydrogen) atoms. The molecular formula is C32H41BO2. The predicted molar refractivity (Wildman–Crippen MR) is 150 cm³/mol. The minimum atomic E-state index is -0.401. The fraction of sp³-hybridized carbons (Fsp3) is 0.438. The minimum absolute atomic E-state index is 0.128. The highest BCUT2D eigenvalue weighted by Gasteiger charge is 2.51. The molecule has 0 aliphatic carbocycles. The van der Waals surface area contributed by atoms with Crippen molar-refractivity contribution in [3.63, 3.8) is 0 Å². The summed E-state index contributed by atoms with van der Waals surface area (Å²) in [7, 11) is -0.401. The van der Waals surface area contributed by atoms with Crippen LogP contribution in [0.4, 0.5) is 0 Å². The molecule has 0 spiro atoms. The molecule has 1 saturated heterocycles. The summed E-state index contributed by atoms with van der Waals surface area (Å²) in [6.45, 7) is 21.9. The highest BCUT2D eigenvalue weighted by molar-refractivity contribution is 6.62. The Kier molecular flexibility index (Phi) is 6.35. The van der Waals surface area contributed by atoms with Crippen LogP contribution in [0, 0.1) is 0 Å². The largest absolute Gasteiger partial charge is 0.494 e. The molecule has 0 radical (unpaired) electrons. The predicted octanol–water partition coefficient (Wildman–Crippen LogP) is 7.91. The maximum Gasteiger partial charge on any atom is 0.494 e. The first-order valence-electron chi connectivity index (χ1n) is 12.8. The number of benzene rings is 3. The van der Waals surface area contributed by atoms with Gasteiger partial charge in [0.15, 0.2) is 0 Å². The van der Waals surface area contributed by atoms with Gasteiger partial charge in [-0.05, 0) is 83.4 Å². The summed E-state index contributed by atoms with van der Waals surface area (Å²) in [4.78, 5) is 0. The van der Waals surface area contributed by atoms with Crippen molar-refractivity contribution in [1.29, 1.82) is 0 Å². The van der Waals surface area contributed by atoms with Crippen LogP contribution in [0.25, 0.3) is 22.3 Å². The normalized spacial score (nSPS) is 17.6. The Hall–Kier alpha value is -2.36. The van der Waals surface area contributed by atoms with Gasteiger partial charge in [-0.2, -0.15) is 0 Å². The average Bonchev–Trinajstić information content (AvgIpc) is 2.99. The molecule has 0 bridgehead atoms. The minimum Gasteiger partial charge on any atom is -0.399 e. The molecule has 0 N–H and O–H groups in total. The van der Waals surface area contributed by atoms with E-state index >= 15 is 0 Å². The van der Waals surface area contributed by atoms with E-state index in [1.54, 1.807) is 0 Å². The zero-order valence-electron chi connectivity index (χ0n) is 23.2. The van der Waals surface area contributed by atoms with Crippen molar-refractivity contribution in [2.75, 3.05) is 0 Å². The molecule has 4 rings (SSSR count). The molecule has 1 fully saturated rings. The summed E-state index contributed by atoms with van der Waals surface area (Å²) in [5.74, 6) is 0. The van der Waals surface area contributed by atoms with E-state index in [2.05, 4.69) is 136 Å². The van der Waals surface area contributed by atoms with Crippen molar-refractivity contribution in [1.82, 2.24) is 0 Å². The fourth-order valence-electron chi connectivity index (χ4n) is 4.43. The highest BCUT2D eigenvalue weighted by Crippen LogP contribution is 2.37. The molecule has 0 atom stereocenters. The third-order valence-corrected chi connectivity index (χ3v) is 7.65. The summed E-state index contributed by atoms with van der Waals surface area (Å²) < 4.78 is 12.9. The van der Waals surface area contributed by atoms with Crippen LogP contribution in [-0.4, -0.2) is 18.3 Å². The average molecular weight is 468 g/mol. The number of hydrogen-bond donors (Lipinski definition) is 0. The molecule has 1 aliphatic heterocycles. The van der Waals surface area contributed by atoms with Crippen LogP contribution < -0.4 is 5.46 Å². The van der Waals surface area contributed by atoms with Gasteiger partial charge in [-0.15, -0.1) is 0 Å².